The van der Waals surface area contributed by atoms with E-state index in [-0.39, 0.29) is 24.8 Å². The molecule has 2 amide bonds. The van der Waals surface area contributed by atoms with E-state index in [4.69, 9.17) is 4.74 Å². The van der Waals surface area contributed by atoms with Crippen LogP contribution in [0.5, 0.6) is 5.75 Å². The van der Waals surface area contributed by atoms with Gasteiger partial charge in [-0.2, -0.15) is 0 Å². The summed E-state index contributed by atoms with van der Waals surface area (Å²) in [5.41, 5.74) is 2.43. The minimum absolute atomic E-state index is 0.0977. The quantitative estimate of drug-likeness (QED) is 0.494. The summed E-state index contributed by atoms with van der Waals surface area (Å²) in [4.78, 5) is 27.4. The van der Waals surface area contributed by atoms with E-state index in [2.05, 4.69) is 5.32 Å². The van der Waals surface area contributed by atoms with E-state index in [0.29, 0.717) is 30.8 Å². The first kappa shape index (κ1) is 27.2. The molecule has 2 aromatic rings. The van der Waals surface area contributed by atoms with Crippen molar-refractivity contribution in [2.75, 3.05) is 31.3 Å². The monoisotopic (exact) mass is 489 g/mol. The maximum atomic E-state index is 13.3. The Kier molecular flexibility index (Phi) is 9.92. The van der Waals surface area contributed by atoms with E-state index in [0.717, 1.165) is 17.4 Å². The number of benzene rings is 2. The Morgan fingerprint density at radius 2 is 1.82 bits per heavy atom. The van der Waals surface area contributed by atoms with Crippen LogP contribution in [-0.4, -0.2) is 58.1 Å². The van der Waals surface area contributed by atoms with E-state index in [1.54, 1.807) is 36.2 Å². The van der Waals surface area contributed by atoms with Crippen molar-refractivity contribution in [3.05, 3.63) is 59.7 Å². The molecule has 0 radical (unpaired) electrons. The van der Waals surface area contributed by atoms with Gasteiger partial charge in [0.05, 0.1) is 19.1 Å². The topological polar surface area (TPSA) is 96.0 Å². The van der Waals surface area contributed by atoms with E-state index in [1.165, 1.54) is 11.4 Å². The number of aryl methyl sites for hydroxylation is 1. The van der Waals surface area contributed by atoms with Gasteiger partial charge in [-0.05, 0) is 37.5 Å². The predicted octanol–water partition coefficient (Wildman–Crippen LogP) is 3.10. The van der Waals surface area contributed by atoms with Crippen molar-refractivity contribution in [2.24, 2.45) is 0 Å². The van der Waals surface area contributed by atoms with Crippen LogP contribution in [0.15, 0.2) is 48.5 Å². The van der Waals surface area contributed by atoms with Crippen molar-refractivity contribution in [1.29, 1.82) is 0 Å². The summed E-state index contributed by atoms with van der Waals surface area (Å²) in [6, 6.07) is 14.1. The number of hydrogen-bond donors (Lipinski definition) is 1. The summed E-state index contributed by atoms with van der Waals surface area (Å²) in [7, 11) is -0.561. The summed E-state index contributed by atoms with van der Waals surface area (Å²) >= 11 is 0. The van der Waals surface area contributed by atoms with Crippen LogP contribution in [0.4, 0.5) is 5.69 Å². The molecule has 0 saturated heterocycles. The Bertz CT molecular complexity index is 1090. The highest BCUT2D eigenvalue weighted by Crippen LogP contribution is 2.29. The Hall–Kier alpha value is -3.07. The van der Waals surface area contributed by atoms with E-state index >= 15 is 0 Å². The molecule has 9 heteroatoms. The van der Waals surface area contributed by atoms with Gasteiger partial charge in [-0.3, -0.25) is 13.9 Å². The predicted molar refractivity (Wildman–Crippen MR) is 134 cm³/mol. The van der Waals surface area contributed by atoms with E-state index in [1.807, 2.05) is 38.1 Å². The summed E-state index contributed by atoms with van der Waals surface area (Å²) in [6.45, 7) is 4.25. The maximum absolute atomic E-state index is 13.3. The number of para-hydroxylation sites is 2. The molecule has 34 heavy (non-hydrogen) atoms. The first-order valence-electron chi connectivity index (χ1n) is 11.3. The molecule has 0 aliphatic carbocycles. The van der Waals surface area contributed by atoms with Gasteiger partial charge in [0.15, 0.2) is 0 Å². The van der Waals surface area contributed by atoms with Gasteiger partial charge >= 0.3 is 0 Å². The number of hydrogen-bond acceptors (Lipinski definition) is 5. The molecular formula is C25H35N3O5S. The standard InChI is InChI=1S/C25H35N3O5S/c1-6-21(25(30)26-3)27(18-20-12-9-11-19(2)17-20)24(29)15-10-16-28(34(5,31)32)22-13-7-8-14-23(22)33-4/h7-9,11-14,17,21H,6,10,15-16,18H2,1-5H3,(H,26,30)/t21-/m1/s1. The number of rotatable bonds is 12. The average Bonchev–Trinajstić information content (AvgIpc) is 2.80. The molecule has 2 aromatic carbocycles. The van der Waals surface area contributed by atoms with Gasteiger partial charge in [-0.1, -0.05) is 48.9 Å². The highest BCUT2D eigenvalue weighted by Gasteiger charge is 2.28. The molecule has 0 heterocycles. The number of methoxy groups -OCH3 is 1. The molecule has 0 unspecified atom stereocenters. The number of carbonyl (C=O) groups excluding carboxylic acids is 2. The lowest BCUT2D eigenvalue weighted by atomic mass is 10.1. The van der Waals surface area contributed by atoms with Gasteiger partial charge in [0, 0.05) is 26.6 Å². The number of nitrogens with zero attached hydrogens (tertiary/aromatic N) is 2. The normalized spacial score (nSPS) is 12.0. The molecule has 0 spiro atoms. The molecule has 8 nitrogen and oxygen atoms in total. The van der Waals surface area contributed by atoms with Crippen molar-refractivity contribution in [3.8, 4) is 5.75 Å². The fraction of sp³-hybridized carbons (Fsp3) is 0.440. The van der Waals surface area contributed by atoms with Crippen molar-refractivity contribution < 1.29 is 22.7 Å². The lowest BCUT2D eigenvalue weighted by Gasteiger charge is -2.31. The zero-order chi connectivity index (χ0) is 25.3. The van der Waals surface area contributed by atoms with Gasteiger partial charge < -0.3 is 15.0 Å². The largest absolute Gasteiger partial charge is 0.495 e. The highest BCUT2D eigenvalue weighted by atomic mass is 32.2. The van der Waals surface area contributed by atoms with Gasteiger partial charge in [0.2, 0.25) is 21.8 Å². The minimum atomic E-state index is -3.60. The second-order valence-electron chi connectivity index (χ2n) is 8.16. The third-order valence-electron chi connectivity index (χ3n) is 5.57. The van der Waals surface area contributed by atoms with Crippen LogP contribution in [0.1, 0.15) is 37.3 Å². The third kappa shape index (κ3) is 7.21. The van der Waals surface area contributed by atoms with Crippen molar-refractivity contribution in [2.45, 2.75) is 45.7 Å². The fourth-order valence-corrected chi connectivity index (χ4v) is 4.88. The molecule has 0 aliphatic rings. The molecule has 0 aliphatic heterocycles. The molecule has 1 N–H and O–H groups in total. The Morgan fingerprint density at radius 1 is 1.12 bits per heavy atom. The summed E-state index contributed by atoms with van der Waals surface area (Å²) < 4.78 is 31.5. The van der Waals surface area contributed by atoms with E-state index in [9.17, 15) is 18.0 Å². The van der Waals surface area contributed by atoms with Gasteiger partial charge in [0.1, 0.15) is 11.8 Å². The first-order valence-corrected chi connectivity index (χ1v) is 13.1. The molecule has 186 valence electrons. The molecular weight excluding hydrogens is 454 g/mol. The van der Waals surface area contributed by atoms with Crippen LogP contribution in [0.2, 0.25) is 0 Å². The maximum Gasteiger partial charge on any atom is 0.242 e. The smallest absolute Gasteiger partial charge is 0.242 e. The average molecular weight is 490 g/mol. The summed E-state index contributed by atoms with van der Waals surface area (Å²) in [5, 5.41) is 2.64. The van der Waals surface area contributed by atoms with Crippen molar-refractivity contribution in [1.82, 2.24) is 10.2 Å². The number of sulfonamides is 1. The van der Waals surface area contributed by atoms with Crippen LogP contribution >= 0.6 is 0 Å². The second kappa shape index (κ2) is 12.4. The number of amides is 2. The summed E-state index contributed by atoms with van der Waals surface area (Å²) in [5.74, 6) is 0.00621. The van der Waals surface area contributed by atoms with Crippen molar-refractivity contribution in [3.63, 3.8) is 0 Å². The zero-order valence-electron chi connectivity index (χ0n) is 20.6. The van der Waals surface area contributed by atoms with Gasteiger partial charge in [0.25, 0.3) is 0 Å². The van der Waals surface area contributed by atoms with Gasteiger partial charge in [-0.15, -0.1) is 0 Å². The Balaban J connectivity index is 2.22. The number of nitrogens with one attached hydrogen (secondary N) is 1. The fourth-order valence-electron chi connectivity index (χ4n) is 3.91. The molecule has 2 rings (SSSR count). The molecule has 0 aromatic heterocycles. The lowest BCUT2D eigenvalue weighted by Crippen LogP contribution is -2.48. The Morgan fingerprint density at radius 3 is 2.41 bits per heavy atom. The third-order valence-corrected chi connectivity index (χ3v) is 6.75. The molecule has 0 bridgehead atoms. The molecule has 1 atom stereocenters. The highest BCUT2D eigenvalue weighted by molar-refractivity contribution is 7.92. The summed E-state index contributed by atoms with van der Waals surface area (Å²) in [6.07, 6.45) is 1.98. The number of ether oxygens (including phenoxy) is 1. The SMILES string of the molecule is CC[C@H](C(=O)NC)N(Cc1cccc(C)c1)C(=O)CCCN(c1ccccc1OC)S(C)(=O)=O. The van der Waals surface area contributed by atoms with Crippen LogP contribution < -0.4 is 14.4 Å². The second-order valence-corrected chi connectivity index (χ2v) is 10.1. The molecule has 0 fully saturated rings. The van der Waals surface area contributed by atoms with Gasteiger partial charge in [-0.25, -0.2) is 8.42 Å². The Labute approximate surface area is 202 Å². The molecule has 0 saturated carbocycles. The number of carbonyl (C=O) groups is 2. The lowest BCUT2D eigenvalue weighted by molar-refractivity contribution is -0.141. The van der Waals surface area contributed by atoms with Crippen LogP contribution in [0, 0.1) is 6.92 Å². The van der Waals surface area contributed by atoms with Crippen molar-refractivity contribution >= 4 is 27.5 Å². The number of likely N-dealkylation sites (N-methyl/N-ethyl adjacent to an activating group) is 1. The number of anilines is 1. The zero-order valence-corrected chi connectivity index (χ0v) is 21.4. The van der Waals surface area contributed by atoms with Crippen LogP contribution in [0.25, 0.3) is 0 Å². The van der Waals surface area contributed by atoms with Crippen LogP contribution in [0.3, 0.4) is 0 Å². The first-order chi connectivity index (χ1) is 16.1. The minimum Gasteiger partial charge on any atom is -0.495 e. The van der Waals surface area contributed by atoms with E-state index < -0.39 is 16.1 Å². The van der Waals surface area contributed by atoms with Crippen LogP contribution in [-0.2, 0) is 26.2 Å².